The molecule has 0 saturated heterocycles. The van der Waals surface area contributed by atoms with E-state index in [4.69, 9.17) is 14.2 Å². The number of nitrogens with zero attached hydrogens (tertiary/aromatic N) is 2. The molecule has 7 heteroatoms. The molecule has 0 radical (unpaired) electrons. The van der Waals surface area contributed by atoms with E-state index in [0.29, 0.717) is 23.9 Å². The van der Waals surface area contributed by atoms with Gasteiger partial charge in [0.1, 0.15) is 11.6 Å². The van der Waals surface area contributed by atoms with E-state index in [1.807, 2.05) is 27.1 Å². The molecular formula is C27H29N3O4. The van der Waals surface area contributed by atoms with Gasteiger partial charge < -0.3 is 29.2 Å². The lowest BCUT2D eigenvalue weighted by Gasteiger charge is -2.19. The summed E-state index contributed by atoms with van der Waals surface area (Å²) in [6.45, 7) is 2.50. The van der Waals surface area contributed by atoms with Crippen molar-refractivity contribution in [2.45, 2.75) is 6.92 Å². The molecule has 176 valence electrons. The molecule has 0 fully saturated rings. The molecule has 0 bridgehead atoms. The van der Waals surface area contributed by atoms with Crippen molar-refractivity contribution in [2.24, 2.45) is 0 Å². The number of aromatic amines is 1. The minimum atomic E-state index is -0.0428. The number of hydrogen-bond donors (Lipinski definition) is 2. The predicted octanol–water partition coefficient (Wildman–Crippen LogP) is 5.60. The SMILES string of the molecule is CCOc1cc(-c2ncc[nH]2)c(-c2cc(OC)c(O)c(OC)c2)cc1-c1ccc(N(C)C)cc1. The molecule has 34 heavy (non-hydrogen) atoms. The molecule has 0 aliphatic carbocycles. The molecule has 2 N–H and O–H groups in total. The van der Waals surface area contributed by atoms with Gasteiger partial charge in [-0.1, -0.05) is 12.1 Å². The monoisotopic (exact) mass is 459 g/mol. The van der Waals surface area contributed by atoms with Gasteiger partial charge in [-0.05, 0) is 60.0 Å². The maximum Gasteiger partial charge on any atom is 0.200 e. The summed E-state index contributed by atoms with van der Waals surface area (Å²) in [6.07, 6.45) is 3.50. The molecule has 1 heterocycles. The van der Waals surface area contributed by atoms with Crippen LogP contribution >= 0.6 is 0 Å². The summed E-state index contributed by atoms with van der Waals surface area (Å²) < 4.78 is 16.9. The van der Waals surface area contributed by atoms with Gasteiger partial charge in [-0.15, -0.1) is 0 Å². The van der Waals surface area contributed by atoms with E-state index < -0.39 is 0 Å². The van der Waals surface area contributed by atoms with Crippen molar-refractivity contribution in [3.8, 4) is 56.6 Å². The average molecular weight is 460 g/mol. The third-order valence-corrected chi connectivity index (χ3v) is 5.66. The maximum atomic E-state index is 10.4. The summed E-state index contributed by atoms with van der Waals surface area (Å²) in [6, 6.07) is 16.0. The van der Waals surface area contributed by atoms with Crippen LogP contribution < -0.4 is 19.1 Å². The predicted molar refractivity (Wildman–Crippen MR) is 135 cm³/mol. The van der Waals surface area contributed by atoms with Gasteiger partial charge in [0, 0.05) is 43.3 Å². The molecule has 0 amide bonds. The molecule has 1 aromatic heterocycles. The second-order valence-corrected chi connectivity index (χ2v) is 7.94. The van der Waals surface area contributed by atoms with E-state index in [2.05, 4.69) is 45.2 Å². The average Bonchev–Trinajstić information content (AvgIpc) is 3.39. The Labute approximate surface area is 199 Å². The molecule has 4 aromatic rings. The van der Waals surface area contributed by atoms with Gasteiger partial charge in [-0.25, -0.2) is 4.98 Å². The molecule has 4 rings (SSSR count). The van der Waals surface area contributed by atoms with Crippen molar-refractivity contribution < 1.29 is 19.3 Å². The highest BCUT2D eigenvalue weighted by atomic mass is 16.5. The van der Waals surface area contributed by atoms with Crippen LogP contribution in [0.3, 0.4) is 0 Å². The summed E-state index contributed by atoms with van der Waals surface area (Å²) in [7, 11) is 7.06. The van der Waals surface area contributed by atoms with Crippen molar-refractivity contribution >= 4 is 5.69 Å². The molecule has 7 nitrogen and oxygen atoms in total. The molecule has 0 aliphatic rings. The Hall–Kier alpha value is -4.13. The van der Waals surface area contributed by atoms with Gasteiger partial charge in [0.15, 0.2) is 11.5 Å². The van der Waals surface area contributed by atoms with Crippen molar-refractivity contribution in [1.82, 2.24) is 9.97 Å². The van der Waals surface area contributed by atoms with E-state index in [1.165, 1.54) is 14.2 Å². The Morgan fingerprint density at radius 3 is 2.06 bits per heavy atom. The number of ether oxygens (including phenoxy) is 3. The third kappa shape index (κ3) is 4.37. The van der Waals surface area contributed by atoms with Crippen molar-refractivity contribution in [2.75, 3.05) is 39.8 Å². The highest BCUT2D eigenvalue weighted by molar-refractivity contribution is 5.89. The Kier molecular flexibility index (Phi) is 6.63. The molecule has 0 aliphatic heterocycles. The van der Waals surface area contributed by atoms with Crippen LogP contribution in [0, 0.1) is 0 Å². The summed E-state index contributed by atoms with van der Waals surface area (Å²) in [4.78, 5) is 9.74. The number of anilines is 1. The maximum absolute atomic E-state index is 10.4. The van der Waals surface area contributed by atoms with Gasteiger partial charge >= 0.3 is 0 Å². The zero-order valence-corrected chi connectivity index (χ0v) is 20.0. The van der Waals surface area contributed by atoms with Gasteiger partial charge in [0.2, 0.25) is 5.75 Å². The number of benzene rings is 3. The third-order valence-electron chi connectivity index (χ3n) is 5.66. The van der Waals surface area contributed by atoms with Crippen LogP contribution in [0.4, 0.5) is 5.69 Å². The fourth-order valence-corrected chi connectivity index (χ4v) is 3.92. The van der Waals surface area contributed by atoms with E-state index in [9.17, 15) is 5.11 Å². The number of rotatable bonds is 8. The fourth-order valence-electron chi connectivity index (χ4n) is 3.92. The van der Waals surface area contributed by atoms with Crippen LogP contribution in [0.25, 0.3) is 33.6 Å². The first-order valence-corrected chi connectivity index (χ1v) is 11.0. The number of phenolic OH excluding ortho intramolecular Hbond substituents is 1. The molecule has 3 aromatic carbocycles. The first-order chi connectivity index (χ1) is 16.5. The lowest BCUT2D eigenvalue weighted by molar-refractivity contribution is 0.340. The number of hydrogen-bond acceptors (Lipinski definition) is 6. The molecule has 0 atom stereocenters. The quantitative estimate of drug-likeness (QED) is 0.357. The van der Waals surface area contributed by atoms with E-state index in [1.54, 1.807) is 24.5 Å². The normalized spacial score (nSPS) is 10.7. The number of phenols is 1. The van der Waals surface area contributed by atoms with Crippen LogP contribution in [-0.4, -0.2) is 50.0 Å². The summed E-state index contributed by atoms with van der Waals surface area (Å²) in [5, 5.41) is 10.4. The fraction of sp³-hybridized carbons (Fsp3) is 0.222. The number of imidazole rings is 1. The van der Waals surface area contributed by atoms with Crippen LogP contribution in [0.2, 0.25) is 0 Å². The summed E-state index contributed by atoms with van der Waals surface area (Å²) in [5.74, 6) is 2.07. The second kappa shape index (κ2) is 9.79. The van der Waals surface area contributed by atoms with Gasteiger partial charge in [-0.3, -0.25) is 0 Å². The smallest absolute Gasteiger partial charge is 0.200 e. The minimum Gasteiger partial charge on any atom is -0.502 e. The Bertz CT molecular complexity index is 1240. The Balaban J connectivity index is 1.99. The first-order valence-electron chi connectivity index (χ1n) is 11.0. The van der Waals surface area contributed by atoms with Crippen LogP contribution in [0.5, 0.6) is 23.0 Å². The first kappa shape index (κ1) is 23.0. The van der Waals surface area contributed by atoms with E-state index in [-0.39, 0.29) is 5.75 Å². The standard InChI is InChI=1S/C27H29N3O4/c1-6-34-23-16-22(27-28-11-12-29-27)20(18-13-24(32-4)26(31)25(14-18)33-5)15-21(23)17-7-9-19(10-8-17)30(2)3/h7-16,31H,6H2,1-5H3,(H,28,29). The largest absolute Gasteiger partial charge is 0.502 e. The Morgan fingerprint density at radius 2 is 1.53 bits per heavy atom. The topological polar surface area (TPSA) is 79.8 Å². The lowest BCUT2D eigenvalue weighted by atomic mass is 9.92. The Morgan fingerprint density at radius 1 is 0.853 bits per heavy atom. The van der Waals surface area contributed by atoms with Crippen molar-refractivity contribution in [3.63, 3.8) is 0 Å². The van der Waals surface area contributed by atoms with Crippen LogP contribution in [-0.2, 0) is 0 Å². The highest BCUT2D eigenvalue weighted by Gasteiger charge is 2.20. The number of nitrogens with one attached hydrogen (secondary N) is 1. The molecule has 0 saturated carbocycles. The number of H-pyrrole nitrogens is 1. The van der Waals surface area contributed by atoms with Crippen molar-refractivity contribution in [1.29, 1.82) is 0 Å². The highest BCUT2D eigenvalue weighted by Crippen LogP contribution is 2.45. The zero-order valence-electron chi connectivity index (χ0n) is 20.0. The number of aromatic nitrogens is 2. The molecular weight excluding hydrogens is 430 g/mol. The molecule has 0 spiro atoms. The summed E-state index contributed by atoms with van der Waals surface area (Å²) in [5.41, 5.74) is 5.65. The van der Waals surface area contributed by atoms with E-state index >= 15 is 0 Å². The van der Waals surface area contributed by atoms with Crippen LogP contribution in [0.15, 0.2) is 60.9 Å². The van der Waals surface area contributed by atoms with Gasteiger partial charge in [0.05, 0.1) is 20.8 Å². The lowest BCUT2D eigenvalue weighted by Crippen LogP contribution is -2.08. The van der Waals surface area contributed by atoms with Crippen molar-refractivity contribution in [3.05, 3.63) is 60.9 Å². The number of methoxy groups -OCH3 is 2. The van der Waals surface area contributed by atoms with Gasteiger partial charge in [-0.2, -0.15) is 0 Å². The van der Waals surface area contributed by atoms with Gasteiger partial charge in [0.25, 0.3) is 0 Å². The second-order valence-electron chi connectivity index (χ2n) is 7.94. The summed E-state index contributed by atoms with van der Waals surface area (Å²) >= 11 is 0. The number of aromatic hydroxyl groups is 1. The minimum absolute atomic E-state index is 0.0428. The van der Waals surface area contributed by atoms with E-state index in [0.717, 1.165) is 39.3 Å². The zero-order chi connectivity index (χ0) is 24.2. The molecule has 0 unspecified atom stereocenters. The van der Waals surface area contributed by atoms with Crippen LogP contribution in [0.1, 0.15) is 6.92 Å².